The second kappa shape index (κ2) is 9.35. The van der Waals surface area contributed by atoms with Crippen molar-refractivity contribution < 1.29 is 4.79 Å². The molecule has 36 heavy (non-hydrogen) atoms. The average molecular weight is 494 g/mol. The average Bonchev–Trinajstić information content (AvgIpc) is 3.66. The summed E-state index contributed by atoms with van der Waals surface area (Å²) in [6.07, 6.45) is 9.32. The van der Waals surface area contributed by atoms with E-state index in [0.717, 1.165) is 63.0 Å². The van der Waals surface area contributed by atoms with Gasteiger partial charge in [-0.25, -0.2) is 4.98 Å². The number of H-pyrrole nitrogens is 2. The fourth-order valence-corrected chi connectivity index (χ4v) is 5.06. The van der Waals surface area contributed by atoms with Gasteiger partial charge in [-0.05, 0) is 42.1 Å². The Bertz CT molecular complexity index is 1680. The van der Waals surface area contributed by atoms with Crippen LogP contribution in [0, 0.1) is 0 Å². The van der Waals surface area contributed by atoms with E-state index in [2.05, 4.69) is 66.0 Å². The molecule has 0 aliphatic carbocycles. The molecule has 3 N–H and O–H groups in total. The normalized spacial score (nSPS) is 11.4. The molecule has 0 aliphatic heterocycles. The van der Waals surface area contributed by atoms with Crippen LogP contribution < -0.4 is 5.32 Å². The van der Waals surface area contributed by atoms with Gasteiger partial charge >= 0.3 is 0 Å². The second-order valence-corrected chi connectivity index (χ2v) is 9.53. The van der Waals surface area contributed by atoms with Crippen molar-refractivity contribution in [2.45, 2.75) is 26.2 Å². The van der Waals surface area contributed by atoms with E-state index in [1.54, 1.807) is 29.9 Å². The van der Waals surface area contributed by atoms with Crippen molar-refractivity contribution in [3.8, 4) is 33.1 Å². The van der Waals surface area contributed by atoms with Crippen molar-refractivity contribution in [3.63, 3.8) is 0 Å². The molecule has 0 unspecified atom stereocenters. The van der Waals surface area contributed by atoms with Crippen LogP contribution in [0.15, 0.2) is 66.6 Å². The number of nitrogens with one attached hydrogen (secondary N) is 3. The highest BCUT2D eigenvalue weighted by atomic mass is 32.1. The summed E-state index contributed by atoms with van der Waals surface area (Å²) in [6.45, 7) is 2.07. The molecule has 6 aromatic rings. The molecule has 0 bridgehead atoms. The first-order valence-electron chi connectivity index (χ1n) is 11.8. The molecule has 0 aromatic carbocycles. The van der Waals surface area contributed by atoms with E-state index in [1.165, 1.54) is 4.88 Å². The fraction of sp³-hybridized carbons (Fsp3) is 0.148. The predicted molar refractivity (Wildman–Crippen MR) is 144 cm³/mol. The van der Waals surface area contributed by atoms with Crippen molar-refractivity contribution in [1.29, 1.82) is 0 Å². The van der Waals surface area contributed by atoms with Crippen LogP contribution in [0.4, 0.5) is 5.69 Å². The number of carbonyl (C=O) groups is 1. The molecule has 0 saturated carbocycles. The Morgan fingerprint density at radius 2 is 2.03 bits per heavy atom. The molecule has 0 spiro atoms. The van der Waals surface area contributed by atoms with Gasteiger partial charge in [0.2, 0.25) is 5.91 Å². The van der Waals surface area contributed by atoms with Crippen LogP contribution in [0.1, 0.15) is 26.2 Å². The van der Waals surface area contributed by atoms with Gasteiger partial charge in [0.15, 0.2) is 0 Å². The molecule has 0 fully saturated rings. The summed E-state index contributed by atoms with van der Waals surface area (Å²) in [4.78, 5) is 30.2. The lowest BCUT2D eigenvalue weighted by atomic mass is 10.1. The van der Waals surface area contributed by atoms with Crippen LogP contribution in [0.3, 0.4) is 0 Å². The zero-order valence-corrected chi connectivity index (χ0v) is 20.4. The topological polar surface area (TPSA) is 112 Å². The molecule has 0 radical (unpaired) electrons. The molecule has 0 aliphatic rings. The predicted octanol–water partition coefficient (Wildman–Crippen LogP) is 6.42. The maximum absolute atomic E-state index is 12.2. The number of unbranched alkanes of at least 4 members (excludes halogenated alkanes) is 1. The van der Waals surface area contributed by atoms with E-state index >= 15 is 0 Å². The monoisotopic (exact) mass is 493 g/mol. The summed E-state index contributed by atoms with van der Waals surface area (Å²) >= 11 is 1.70. The van der Waals surface area contributed by atoms with Gasteiger partial charge in [0.1, 0.15) is 11.3 Å². The molecule has 0 saturated heterocycles. The maximum atomic E-state index is 12.2. The third kappa shape index (κ3) is 4.14. The van der Waals surface area contributed by atoms with E-state index in [0.29, 0.717) is 12.1 Å². The number of hydrogen-bond acceptors (Lipinski definition) is 6. The lowest BCUT2D eigenvalue weighted by Gasteiger charge is -2.07. The lowest BCUT2D eigenvalue weighted by molar-refractivity contribution is -0.116. The van der Waals surface area contributed by atoms with E-state index in [-0.39, 0.29) is 5.91 Å². The largest absolute Gasteiger partial charge is 0.338 e. The lowest BCUT2D eigenvalue weighted by Crippen LogP contribution is -2.11. The number of nitrogens with zero attached hydrogens (tertiary/aromatic N) is 4. The minimum atomic E-state index is -0.00864. The molecule has 0 atom stereocenters. The Morgan fingerprint density at radius 3 is 2.89 bits per heavy atom. The number of hydrogen-bond donors (Lipinski definition) is 3. The quantitative estimate of drug-likeness (QED) is 0.237. The number of anilines is 1. The van der Waals surface area contributed by atoms with Crippen molar-refractivity contribution in [1.82, 2.24) is 30.1 Å². The van der Waals surface area contributed by atoms with Gasteiger partial charge in [-0.3, -0.25) is 19.9 Å². The zero-order valence-electron chi connectivity index (χ0n) is 19.6. The fourth-order valence-electron chi connectivity index (χ4n) is 4.29. The highest BCUT2D eigenvalue weighted by molar-refractivity contribution is 7.13. The number of fused-ring (bicyclic) bond motifs is 2. The molecular weight excluding hydrogens is 470 g/mol. The molecule has 8 nitrogen and oxygen atoms in total. The van der Waals surface area contributed by atoms with Gasteiger partial charge in [-0.2, -0.15) is 5.10 Å². The molecule has 6 heterocycles. The summed E-state index contributed by atoms with van der Waals surface area (Å²) in [5.41, 5.74) is 6.68. The number of pyridine rings is 3. The number of thiophene rings is 1. The summed E-state index contributed by atoms with van der Waals surface area (Å²) in [5.74, 6) is -0.00864. The van der Waals surface area contributed by atoms with Crippen LogP contribution >= 0.6 is 11.3 Å². The Balaban J connectivity index is 1.37. The third-order valence-corrected chi connectivity index (χ3v) is 7.00. The van der Waals surface area contributed by atoms with Gasteiger partial charge < -0.3 is 10.3 Å². The van der Waals surface area contributed by atoms with E-state index < -0.39 is 0 Å². The molecule has 178 valence electrons. The first kappa shape index (κ1) is 22.1. The SMILES string of the molecule is CCCCC(=O)Nc1cncc(-c2cc3c(-c4cc5c(-c6cccs6)ccnc5[nH]4)n[nH]c3cn2)c1. The van der Waals surface area contributed by atoms with Gasteiger partial charge in [0.05, 0.1) is 35.0 Å². The van der Waals surface area contributed by atoms with E-state index in [1.807, 2.05) is 24.4 Å². The van der Waals surface area contributed by atoms with Crippen molar-refractivity contribution in [2.75, 3.05) is 5.32 Å². The number of rotatable bonds is 7. The third-order valence-electron chi connectivity index (χ3n) is 6.10. The van der Waals surface area contributed by atoms with Crippen LogP contribution in [-0.4, -0.2) is 36.0 Å². The van der Waals surface area contributed by atoms with Crippen molar-refractivity contribution >= 4 is 44.9 Å². The highest BCUT2D eigenvalue weighted by Crippen LogP contribution is 2.35. The van der Waals surface area contributed by atoms with E-state index in [4.69, 9.17) is 0 Å². The van der Waals surface area contributed by atoms with E-state index in [9.17, 15) is 4.79 Å². The summed E-state index contributed by atoms with van der Waals surface area (Å²) in [5, 5.41) is 14.7. The summed E-state index contributed by atoms with van der Waals surface area (Å²) < 4.78 is 0. The van der Waals surface area contributed by atoms with Crippen molar-refractivity contribution in [3.05, 3.63) is 66.6 Å². The minimum Gasteiger partial charge on any atom is -0.338 e. The number of aromatic nitrogens is 6. The van der Waals surface area contributed by atoms with Crippen LogP contribution in [0.25, 0.3) is 55.0 Å². The Hall–Kier alpha value is -4.37. The Kier molecular flexibility index (Phi) is 5.74. The standard InChI is InChI=1S/C27H23N7OS/c1-2-3-6-25(35)31-17-10-16(13-28-14-17)21-12-20-23(15-30-21)33-34-26(20)22-11-19-18(24-5-4-9-36-24)7-8-29-27(19)32-22/h4-5,7-15H,2-3,6H2,1H3,(H,29,32)(H,31,35)(H,33,34). The number of carbonyl (C=O) groups excluding carboxylic acids is 1. The molecule has 9 heteroatoms. The first-order valence-corrected chi connectivity index (χ1v) is 12.7. The Morgan fingerprint density at radius 1 is 1.08 bits per heavy atom. The van der Waals surface area contributed by atoms with Crippen LogP contribution in [-0.2, 0) is 4.79 Å². The zero-order chi connectivity index (χ0) is 24.5. The smallest absolute Gasteiger partial charge is 0.224 e. The highest BCUT2D eigenvalue weighted by Gasteiger charge is 2.16. The summed E-state index contributed by atoms with van der Waals surface area (Å²) in [7, 11) is 0. The van der Waals surface area contributed by atoms with Gasteiger partial charge in [-0.1, -0.05) is 19.4 Å². The van der Waals surface area contributed by atoms with Gasteiger partial charge in [0.25, 0.3) is 0 Å². The van der Waals surface area contributed by atoms with Crippen molar-refractivity contribution in [2.24, 2.45) is 0 Å². The molecule has 6 aromatic heterocycles. The number of amides is 1. The summed E-state index contributed by atoms with van der Waals surface area (Å²) in [6, 6.07) is 12.2. The second-order valence-electron chi connectivity index (χ2n) is 8.58. The molecular formula is C27H23N7OS. The first-order chi connectivity index (χ1) is 17.7. The maximum Gasteiger partial charge on any atom is 0.224 e. The van der Waals surface area contributed by atoms with Gasteiger partial charge in [-0.15, -0.1) is 11.3 Å². The Labute approximate surface area is 210 Å². The van der Waals surface area contributed by atoms with Crippen LogP contribution in [0.2, 0.25) is 0 Å². The number of aromatic amines is 2. The van der Waals surface area contributed by atoms with Gasteiger partial charge in [0, 0.05) is 45.6 Å². The minimum absolute atomic E-state index is 0.00864. The molecule has 6 rings (SSSR count). The molecule has 1 amide bonds. The van der Waals surface area contributed by atoms with Crippen LogP contribution in [0.5, 0.6) is 0 Å².